The summed E-state index contributed by atoms with van der Waals surface area (Å²) in [5.41, 5.74) is 3.74. The number of halogens is 2. The maximum atomic E-state index is 11.4. The highest BCUT2D eigenvalue weighted by Gasteiger charge is 2.02. The molecule has 5 nitrogen and oxygen atoms in total. The molecule has 0 amide bonds. The van der Waals surface area contributed by atoms with E-state index in [0.717, 1.165) is 0 Å². The normalized spacial score (nSPS) is 8.69. The topological polar surface area (TPSA) is 67.2 Å². The Morgan fingerprint density at radius 3 is 2.23 bits per heavy atom. The van der Waals surface area contributed by atoms with Gasteiger partial charge in [-0.25, -0.2) is 0 Å². The molecular formula is C6H7ClFN3O2. The molecule has 0 aromatic heterocycles. The number of nitrogens with one attached hydrogen (secondary N) is 2. The molecule has 0 spiro atoms. The maximum absolute atomic E-state index is 11.4. The van der Waals surface area contributed by atoms with Crippen LogP contribution in [0.25, 0.3) is 0 Å². The van der Waals surface area contributed by atoms with Gasteiger partial charge in [-0.2, -0.15) is 0 Å². The number of anilines is 1. The van der Waals surface area contributed by atoms with E-state index in [2.05, 4.69) is 5.43 Å². The third-order valence-electron chi connectivity index (χ3n) is 1.27. The molecule has 0 saturated heterocycles. The van der Waals surface area contributed by atoms with Crippen LogP contribution in [0.3, 0.4) is 0 Å². The summed E-state index contributed by atoms with van der Waals surface area (Å²) in [6, 6.07) is 5.34. The van der Waals surface area contributed by atoms with Crippen LogP contribution in [0.5, 0.6) is 0 Å². The van der Waals surface area contributed by atoms with Crippen LogP contribution in [0.4, 0.5) is 15.9 Å². The number of nitro groups is 1. The van der Waals surface area contributed by atoms with E-state index in [1.807, 2.05) is 0 Å². The van der Waals surface area contributed by atoms with Crippen molar-refractivity contribution in [2.24, 2.45) is 0 Å². The number of benzene rings is 1. The number of hydrazine groups is 1. The van der Waals surface area contributed by atoms with Gasteiger partial charge >= 0.3 is 0 Å². The van der Waals surface area contributed by atoms with Crippen LogP contribution in [0, 0.1) is 10.1 Å². The lowest BCUT2D eigenvalue weighted by molar-refractivity contribution is -0.384. The molecule has 0 radical (unpaired) electrons. The van der Waals surface area contributed by atoms with Crippen molar-refractivity contribution in [3.8, 4) is 0 Å². The Balaban J connectivity index is 0.00000144. The quantitative estimate of drug-likeness (QED) is 0.451. The Kier molecular flexibility index (Phi) is 4.71. The van der Waals surface area contributed by atoms with E-state index in [9.17, 15) is 14.6 Å². The van der Waals surface area contributed by atoms with Gasteiger partial charge in [0.1, 0.15) is 0 Å². The van der Waals surface area contributed by atoms with E-state index in [1.165, 1.54) is 29.9 Å². The van der Waals surface area contributed by atoms with Crippen molar-refractivity contribution in [2.75, 3.05) is 5.43 Å². The Bertz CT molecular complexity index is 280. The Morgan fingerprint density at radius 1 is 1.31 bits per heavy atom. The summed E-state index contributed by atoms with van der Waals surface area (Å²) >= 11 is 0. The largest absolute Gasteiger partial charge is 0.295 e. The SMILES string of the molecule is Cl.O=[N+]([O-])c1ccc(NNF)cc1. The average molecular weight is 208 g/mol. The molecular weight excluding hydrogens is 201 g/mol. The van der Waals surface area contributed by atoms with Gasteiger partial charge in [0.2, 0.25) is 0 Å². The molecule has 0 aliphatic carbocycles. The van der Waals surface area contributed by atoms with Gasteiger partial charge in [-0.1, -0.05) is 5.65 Å². The Morgan fingerprint density at radius 2 is 1.85 bits per heavy atom. The average Bonchev–Trinajstić information content (AvgIpc) is 2.06. The van der Waals surface area contributed by atoms with Crippen molar-refractivity contribution in [1.29, 1.82) is 0 Å². The van der Waals surface area contributed by atoms with Crippen LogP contribution < -0.4 is 11.1 Å². The van der Waals surface area contributed by atoms with Crippen LogP contribution in [-0.4, -0.2) is 4.92 Å². The summed E-state index contributed by atoms with van der Waals surface area (Å²) in [7, 11) is 0. The molecule has 1 aromatic carbocycles. The van der Waals surface area contributed by atoms with Gasteiger partial charge in [-0.3, -0.25) is 15.5 Å². The van der Waals surface area contributed by atoms with Gasteiger partial charge in [-0.05, 0) is 12.1 Å². The van der Waals surface area contributed by atoms with Crippen molar-refractivity contribution >= 4 is 23.8 Å². The highest BCUT2D eigenvalue weighted by molar-refractivity contribution is 5.85. The maximum Gasteiger partial charge on any atom is 0.269 e. The fourth-order valence-corrected chi connectivity index (χ4v) is 0.721. The number of nitro benzene ring substituents is 1. The summed E-state index contributed by atoms with van der Waals surface area (Å²) < 4.78 is 11.4. The molecule has 13 heavy (non-hydrogen) atoms. The lowest BCUT2D eigenvalue weighted by Gasteiger charge is -1.99. The third-order valence-corrected chi connectivity index (χ3v) is 1.27. The van der Waals surface area contributed by atoms with Gasteiger partial charge in [0, 0.05) is 12.1 Å². The predicted octanol–water partition coefficient (Wildman–Crippen LogP) is 1.82. The lowest BCUT2D eigenvalue weighted by Crippen LogP contribution is -2.09. The molecule has 0 heterocycles. The van der Waals surface area contributed by atoms with Crippen molar-refractivity contribution in [2.45, 2.75) is 0 Å². The number of non-ortho nitro benzene ring substituents is 1. The summed E-state index contributed by atoms with van der Waals surface area (Å²) in [6.07, 6.45) is 0. The zero-order valence-corrected chi connectivity index (χ0v) is 7.18. The van der Waals surface area contributed by atoms with Gasteiger partial charge in [0.05, 0.1) is 10.6 Å². The van der Waals surface area contributed by atoms with E-state index in [1.54, 1.807) is 0 Å². The fraction of sp³-hybridized carbons (Fsp3) is 0. The third kappa shape index (κ3) is 3.22. The van der Waals surface area contributed by atoms with Crippen molar-refractivity contribution in [1.82, 2.24) is 5.65 Å². The second-order valence-corrected chi connectivity index (χ2v) is 2.02. The molecule has 0 saturated carbocycles. The van der Waals surface area contributed by atoms with Crippen LogP contribution in [0.1, 0.15) is 0 Å². The molecule has 1 rings (SSSR count). The van der Waals surface area contributed by atoms with Crippen molar-refractivity contribution in [3.05, 3.63) is 34.4 Å². The highest BCUT2D eigenvalue weighted by Crippen LogP contribution is 2.14. The molecule has 2 N–H and O–H groups in total. The zero-order chi connectivity index (χ0) is 8.97. The van der Waals surface area contributed by atoms with Gasteiger partial charge in [0.25, 0.3) is 5.69 Å². The molecule has 0 aliphatic rings. The number of hydrogen-bond donors (Lipinski definition) is 2. The fourth-order valence-electron chi connectivity index (χ4n) is 0.721. The molecule has 0 aliphatic heterocycles. The number of rotatable bonds is 3. The predicted molar refractivity (Wildman–Crippen MR) is 48.2 cm³/mol. The van der Waals surface area contributed by atoms with Crippen LogP contribution in [-0.2, 0) is 0 Å². The lowest BCUT2D eigenvalue weighted by atomic mass is 10.3. The molecule has 1 aromatic rings. The van der Waals surface area contributed by atoms with E-state index in [4.69, 9.17) is 0 Å². The highest BCUT2D eigenvalue weighted by atomic mass is 35.5. The molecule has 0 atom stereocenters. The summed E-state index contributed by atoms with van der Waals surface area (Å²) in [6.45, 7) is 0. The minimum atomic E-state index is -0.521. The molecule has 0 unspecified atom stereocenters. The minimum absolute atomic E-state index is 0. The van der Waals surface area contributed by atoms with Crippen molar-refractivity contribution < 1.29 is 9.40 Å². The Hall–Kier alpha value is -1.40. The summed E-state index contributed by atoms with van der Waals surface area (Å²) in [5.74, 6) is 0. The Labute approximate surface area is 79.4 Å². The first kappa shape index (κ1) is 11.6. The minimum Gasteiger partial charge on any atom is -0.295 e. The smallest absolute Gasteiger partial charge is 0.269 e. The molecule has 0 bridgehead atoms. The van der Waals surface area contributed by atoms with Gasteiger partial charge < -0.3 is 0 Å². The monoisotopic (exact) mass is 207 g/mol. The molecule has 72 valence electrons. The summed E-state index contributed by atoms with van der Waals surface area (Å²) in [5, 5.41) is 10.2. The molecule has 0 fully saturated rings. The number of nitrogens with zero attached hydrogens (tertiary/aromatic N) is 1. The number of hydrogen-bond acceptors (Lipinski definition) is 4. The van der Waals surface area contributed by atoms with E-state index < -0.39 is 4.92 Å². The standard InChI is InChI=1S/C6H6FN3O2.ClH/c7-9-8-5-1-3-6(4-2-5)10(11)12;/h1-4,8-9H;1H. The first-order valence-corrected chi connectivity index (χ1v) is 3.10. The zero-order valence-electron chi connectivity index (χ0n) is 6.36. The van der Waals surface area contributed by atoms with E-state index in [0.29, 0.717) is 5.69 Å². The van der Waals surface area contributed by atoms with Gasteiger partial charge in [-0.15, -0.1) is 16.9 Å². The van der Waals surface area contributed by atoms with E-state index in [-0.39, 0.29) is 18.1 Å². The first-order valence-electron chi connectivity index (χ1n) is 3.10. The molecule has 7 heteroatoms. The van der Waals surface area contributed by atoms with Gasteiger partial charge in [0.15, 0.2) is 0 Å². The summed E-state index contributed by atoms with van der Waals surface area (Å²) in [4.78, 5) is 9.64. The van der Waals surface area contributed by atoms with Crippen LogP contribution in [0.15, 0.2) is 24.3 Å². The first-order chi connectivity index (χ1) is 5.74. The van der Waals surface area contributed by atoms with Crippen LogP contribution >= 0.6 is 12.4 Å². The second-order valence-electron chi connectivity index (χ2n) is 2.02. The van der Waals surface area contributed by atoms with Crippen LogP contribution in [0.2, 0.25) is 0 Å². The van der Waals surface area contributed by atoms with E-state index >= 15 is 0 Å². The second kappa shape index (κ2) is 5.28. The van der Waals surface area contributed by atoms with Crippen molar-refractivity contribution in [3.63, 3.8) is 0 Å².